The van der Waals surface area contributed by atoms with Gasteiger partial charge in [-0.25, -0.2) is 8.78 Å². The Labute approximate surface area is 146 Å². The molecule has 1 amide bonds. The van der Waals surface area contributed by atoms with E-state index < -0.39 is 30.1 Å². The quantitative estimate of drug-likeness (QED) is 0.573. The van der Waals surface area contributed by atoms with Crippen molar-refractivity contribution in [1.29, 1.82) is 0 Å². The molecule has 0 radical (unpaired) electrons. The number of ether oxygens (including phenoxy) is 1. The van der Waals surface area contributed by atoms with E-state index in [4.69, 9.17) is 4.74 Å². The van der Waals surface area contributed by atoms with Crippen molar-refractivity contribution < 1.29 is 23.1 Å². The van der Waals surface area contributed by atoms with Gasteiger partial charge in [0.25, 0.3) is 5.91 Å². The predicted molar refractivity (Wildman–Crippen MR) is 89.1 cm³/mol. The molecule has 0 unspecified atom stereocenters. The Kier molecular flexibility index (Phi) is 7.20. The molecule has 0 aliphatic rings. The lowest BCUT2D eigenvalue weighted by Crippen LogP contribution is -2.30. The minimum Gasteiger partial charge on any atom is -0.455 e. The summed E-state index contributed by atoms with van der Waals surface area (Å²) in [7, 11) is 0. The van der Waals surface area contributed by atoms with Crippen LogP contribution in [0.3, 0.4) is 0 Å². The van der Waals surface area contributed by atoms with Crippen LogP contribution in [0.25, 0.3) is 0 Å². The van der Waals surface area contributed by atoms with E-state index in [1.54, 1.807) is 11.3 Å². The molecule has 0 saturated carbocycles. The van der Waals surface area contributed by atoms with Gasteiger partial charge in [-0.3, -0.25) is 9.59 Å². The van der Waals surface area contributed by atoms with Gasteiger partial charge >= 0.3 is 5.97 Å². The molecule has 0 aliphatic heterocycles. The summed E-state index contributed by atoms with van der Waals surface area (Å²) in [5.41, 5.74) is 0. The first-order valence-electron chi connectivity index (χ1n) is 7.07. The number of esters is 1. The summed E-state index contributed by atoms with van der Waals surface area (Å²) in [5, 5.41) is 4.60. The van der Waals surface area contributed by atoms with E-state index in [9.17, 15) is 18.4 Å². The first-order chi connectivity index (χ1) is 11.5. The predicted octanol–water partition coefficient (Wildman–Crippen LogP) is 3.02. The number of nitrogens with one attached hydrogen (secondary N) is 1. The highest BCUT2D eigenvalue weighted by Crippen LogP contribution is 2.22. The smallest absolute Gasteiger partial charge is 0.316 e. The van der Waals surface area contributed by atoms with Gasteiger partial charge in [-0.2, -0.15) is 0 Å². The first-order valence-corrected chi connectivity index (χ1v) is 8.93. The van der Waals surface area contributed by atoms with Gasteiger partial charge < -0.3 is 10.1 Å². The Hall–Kier alpha value is -1.93. The lowest BCUT2D eigenvalue weighted by atomic mass is 10.3. The minimum atomic E-state index is -0.669. The van der Waals surface area contributed by atoms with E-state index in [2.05, 4.69) is 5.32 Å². The first kappa shape index (κ1) is 18.4. The van der Waals surface area contributed by atoms with Gasteiger partial charge in [0.05, 0.1) is 5.75 Å². The second-order valence-corrected chi connectivity index (χ2v) is 6.75. The highest BCUT2D eigenvalue weighted by molar-refractivity contribution is 8.00. The molecule has 0 saturated heterocycles. The van der Waals surface area contributed by atoms with Crippen molar-refractivity contribution in [2.24, 2.45) is 0 Å². The third kappa shape index (κ3) is 6.29. The van der Waals surface area contributed by atoms with E-state index >= 15 is 0 Å². The summed E-state index contributed by atoms with van der Waals surface area (Å²) in [6, 6.07) is 6.90. The average Bonchev–Trinajstić information content (AvgIpc) is 3.07. The molecule has 128 valence electrons. The molecule has 4 nitrogen and oxygen atoms in total. The van der Waals surface area contributed by atoms with Crippen LogP contribution in [0.4, 0.5) is 8.78 Å². The highest BCUT2D eigenvalue weighted by Gasteiger charge is 2.11. The van der Waals surface area contributed by atoms with Crippen molar-refractivity contribution in [2.75, 3.05) is 18.9 Å². The fraction of sp³-hybridized carbons (Fsp3) is 0.250. The van der Waals surface area contributed by atoms with Crippen LogP contribution in [0.2, 0.25) is 0 Å². The largest absolute Gasteiger partial charge is 0.455 e. The molecule has 2 rings (SSSR count). The van der Waals surface area contributed by atoms with Crippen molar-refractivity contribution in [3.8, 4) is 0 Å². The van der Waals surface area contributed by atoms with Gasteiger partial charge in [-0.05, 0) is 36.1 Å². The van der Waals surface area contributed by atoms with Crippen molar-refractivity contribution in [2.45, 2.75) is 11.3 Å². The third-order valence-corrected chi connectivity index (χ3v) is 4.82. The SMILES string of the molecule is O=C(COC(=O)CSc1cc(F)ccc1F)NCCc1cccs1. The second-order valence-electron chi connectivity index (χ2n) is 4.70. The zero-order chi connectivity index (χ0) is 17.4. The second kappa shape index (κ2) is 9.39. The minimum absolute atomic E-state index is 0.0207. The molecule has 2 aromatic rings. The molecule has 1 N–H and O–H groups in total. The normalized spacial score (nSPS) is 10.4. The Morgan fingerprint density at radius 3 is 2.83 bits per heavy atom. The van der Waals surface area contributed by atoms with Crippen LogP contribution in [-0.4, -0.2) is 30.8 Å². The molecule has 24 heavy (non-hydrogen) atoms. The van der Waals surface area contributed by atoms with Gasteiger partial charge in [-0.15, -0.1) is 23.1 Å². The van der Waals surface area contributed by atoms with E-state index in [1.165, 1.54) is 0 Å². The number of hydrogen-bond donors (Lipinski definition) is 1. The summed E-state index contributed by atoms with van der Waals surface area (Å²) < 4.78 is 31.2. The van der Waals surface area contributed by atoms with Crippen molar-refractivity contribution in [3.05, 3.63) is 52.2 Å². The van der Waals surface area contributed by atoms with Gasteiger partial charge in [0, 0.05) is 16.3 Å². The summed E-state index contributed by atoms with van der Waals surface area (Å²) >= 11 is 2.42. The van der Waals surface area contributed by atoms with Crippen molar-refractivity contribution in [3.63, 3.8) is 0 Å². The Morgan fingerprint density at radius 2 is 2.08 bits per heavy atom. The Bertz CT molecular complexity index is 693. The lowest BCUT2D eigenvalue weighted by Gasteiger charge is -2.06. The number of carbonyl (C=O) groups is 2. The molecule has 1 heterocycles. The monoisotopic (exact) mass is 371 g/mol. The number of carbonyl (C=O) groups excluding carboxylic acids is 2. The van der Waals surface area contributed by atoms with Crippen LogP contribution in [-0.2, 0) is 20.7 Å². The maximum atomic E-state index is 13.4. The number of benzene rings is 1. The molecule has 0 aliphatic carbocycles. The van der Waals surface area contributed by atoms with E-state index in [0.29, 0.717) is 13.0 Å². The summed E-state index contributed by atoms with van der Waals surface area (Å²) in [5.74, 6) is -2.47. The molecule has 1 aromatic heterocycles. The van der Waals surface area contributed by atoms with Gasteiger partial charge in [0.2, 0.25) is 0 Å². The topological polar surface area (TPSA) is 55.4 Å². The van der Waals surface area contributed by atoms with Crippen molar-refractivity contribution >= 4 is 35.0 Å². The van der Waals surface area contributed by atoms with Crippen LogP contribution in [0.1, 0.15) is 4.88 Å². The van der Waals surface area contributed by atoms with E-state index in [-0.39, 0.29) is 10.6 Å². The molecular formula is C16H15F2NO3S2. The zero-order valence-electron chi connectivity index (χ0n) is 12.6. The number of amides is 1. The maximum Gasteiger partial charge on any atom is 0.316 e. The molecular weight excluding hydrogens is 356 g/mol. The number of halogens is 2. The van der Waals surface area contributed by atoms with E-state index in [0.717, 1.165) is 34.8 Å². The third-order valence-electron chi connectivity index (χ3n) is 2.88. The fourth-order valence-corrected chi connectivity index (χ4v) is 3.21. The summed E-state index contributed by atoms with van der Waals surface area (Å²) in [4.78, 5) is 24.3. The standard InChI is InChI=1S/C16H15F2NO3S2/c17-11-3-4-13(18)14(8-11)24-10-16(21)22-9-15(20)19-6-5-12-2-1-7-23-12/h1-4,7-8H,5-6,9-10H2,(H,19,20). The maximum absolute atomic E-state index is 13.4. The van der Waals surface area contributed by atoms with Crippen LogP contribution >= 0.6 is 23.1 Å². The Morgan fingerprint density at radius 1 is 1.25 bits per heavy atom. The highest BCUT2D eigenvalue weighted by atomic mass is 32.2. The Balaban J connectivity index is 1.63. The van der Waals surface area contributed by atoms with Crippen molar-refractivity contribution in [1.82, 2.24) is 5.32 Å². The fourth-order valence-electron chi connectivity index (χ4n) is 1.74. The molecule has 1 aromatic carbocycles. The zero-order valence-corrected chi connectivity index (χ0v) is 14.2. The summed E-state index contributed by atoms with van der Waals surface area (Å²) in [6.07, 6.45) is 0.714. The molecule has 0 spiro atoms. The summed E-state index contributed by atoms with van der Waals surface area (Å²) in [6.45, 7) is 0.0651. The van der Waals surface area contributed by atoms with Gasteiger partial charge in [-0.1, -0.05) is 6.07 Å². The molecule has 0 fully saturated rings. The number of thiophene rings is 1. The average molecular weight is 371 g/mol. The van der Waals surface area contributed by atoms with Crippen LogP contribution in [0, 0.1) is 11.6 Å². The number of thioether (sulfide) groups is 1. The molecule has 0 bridgehead atoms. The van der Waals surface area contributed by atoms with E-state index in [1.807, 2.05) is 17.5 Å². The van der Waals surface area contributed by atoms with Crippen LogP contribution in [0.15, 0.2) is 40.6 Å². The molecule has 8 heteroatoms. The van der Waals surface area contributed by atoms with Gasteiger partial charge in [0.15, 0.2) is 6.61 Å². The van der Waals surface area contributed by atoms with Crippen LogP contribution < -0.4 is 5.32 Å². The lowest BCUT2D eigenvalue weighted by molar-refractivity contribution is -0.145. The van der Waals surface area contributed by atoms with Gasteiger partial charge in [0.1, 0.15) is 11.6 Å². The molecule has 0 atom stereocenters. The number of hydrogen-bond acceptors (Lipinski definition) is 5. The van der Waals surface area contributed by atoms with Crippen LogP contribution in [0.5, 0.6) is 0 Å². The number of rotatable bonds is 8.